The molecule has 7 nitrogen and oxygen atoms in total. The second-order valence-corrected chi connectivity index (χ2v) is 3.61. The highest BCUT2D eigenvalue weighted by Gasteiger charge is 2.20. The molecule has 0 aliphatic heterocycles. The lowest BCUT2D eigenvalue weighted by Crippen LogP contribution is -2.16. The summed E-state index contributed by atoms with van der Waals surface area (Å²) in [6.07, 6.45) is 0.477. The van der Waals surface area contributed by atoms with Gasteiger partial charge < -0.3 is 15.5 Å². The molecule has 0 saturated heterocycles. The van der Waals surface area contributed by atoms with Gasteiger partial charge in [-0.15, -0.1) is 0 Å². The Morgan fingerprint density at radius 3 is 2.65 bits per heavy atom. The monoisotopic (exact) mass is 241 g/mol. The third-order valence-corrected chi connectivity index (χ3v) is 2.26. The Morgan fingerprint density at radius 1 is 1.47 bits per heavy atom. The van der Waals surface area contributed by atoms with Gasteiger partial charge in [0.05, 0.1) is 5.69 Å². The molecule has 0 atom stereocenters. The van der Waals surface area contributed by atoms with Crippen LogP contribution in [0.2, 0.25) is 0 Å². The first kappa shape index (κ1) is 13.2. The van der Waals surface area contributed by atoms with E-state index in [1.807, 2.05) is 0 Å². The van der Waals surface area contributed by atoms with Crippen molar-refractivity contribution in [2.45, 2.75) is 19.8 Å². The molecule has 1 aromatic heterocycles. The van der Waals surface area contributed by atoms with Crippen LogP contribution in [0, 0.1) is 6.92 Å². The topological polar surface area (TPSA) is 104 Å². The summed E-state index contributed by atoms with van der Waals surface area (Å²) in [5, 5.41) is 24.0. The van der Waals surface area contributed by atoms with E-state index in [-0.39, 0.29) is 30.3 Å². The van der Waals surface area contributed by atoms with Gasteiger partial charge >= 0.3 is 5.97 Å². The number of aliphatic hydroxyl groups is 1. The van der Waals surface area contributed by atoms with Crippen molar-refractivity contribution in [3.63, 3.8) is 0 Å². The molecule has 0 aromatic carbocycles. The minimum absolute atomic E-state index is 0.00940. The smallest absolute Gasteiger partial charge is 0.341 e. The molecular weight excluding hydrogens is 226 g/mol. The van der Waals surface area contributed by atoms with E-state index in [1.54, 1.807) is 14.0 Å². The average Bonchev–Trinajstić information content (AvgIpc) is 2.51. The van der Waals surface area contributed by atoms with Crippen molar-refractivity contribution in [3.8, 4) is 0 Å². The molecule has 0 unspecified atom stereocenters. The number of nitrogens with zero attached hydrogens (tertiary/aromatic N) is 2. The molecule has 0 spiro atoms. The molecule has 94 valence electrons. The number of rotatable bonds is 5. The summed E-state index contributed by atoms with van der Waals surface area (Å²) in [7, 11) is 1.56. The summed E-state index contributed by atoms with van der Waals surface area (Å²) >= 11 is 0. The predicted molar refractivity (Wildman–Crippen MR) is 59.9 cm³/mol. The quantitative estimate of drug-likeness (QED) is 0.680. The fourth-order valence-electron chi connectivity index (χ4n) is 1.49. The minimum Gasteiger partial charge on any atom is -0.477 e. The van der Waals surface area contributed by atoms with Crippen molar-refractivity contribution < 1.29 is 19.8 Å². The summed E-state index contributed by atoms with van der Waals surface area (Å²) < 4.78 is 1.32. The number of nitrogens with one attached hydrogen (secondary N) is 1. The van der Waals surface area contributed by atoms with Gasteiger partial charge in [-0.2, -0.15) is 5.10 Å². The first-order valence-corrected chi connectivity index (χ1v) is 5.15. The standard InChI is InChI=1S/C10H15N3O4/c1-6-8(10(16)17)9(13(2)12-6)11-7(15)4-3-5-14/h14H,3-5H2,1-2H3,(H,11,15)(H,16,17). The molecule has 1 heterocycles. The maximum absolute atomic E-state index is 11.5. The van der Waals surface area contributed by atoms with E-state index in [0.29, 0.717) is 12.1 Å². The number of carbonyl (C=O) groups is 2. The minimum atomic E-state index is -1.13. The van der Waals surface area contributed by atoms with Crippen molar-refractivity contribution in [1.82, 2.24) is 9.78 Å². The van der Waals surface area contributed by atoms with Crippen LogP contribution in [0.4, 0.5) is 5.82 Å². The molecule has 17 heavy (non-hydrogen) atoms. The fourth-order valence-corrected chi connectivity index (χ4v) is 1.49. The molecule has 3 N–H and O–H groups in total. The number of carboxylic acid groups (broad SMARTS) is 1. The van der Waals surface area contributed by atoms with Crippen LogP contribution in [0.15, 0.2) is 0 Å². The van der Waals surface area contributed by atoms with Crippen LogP contribution < -0.4 is 5.32 Å². The predicted octanol–water partition coefficient (Wildman–Crippen LogP) is 0.138. The number of aliphatic hydroxyl groups excluding tert-OH is 1. The van der Waals surface area contributed by atoms with E-state index in [9.17, 15) is 9.59 Å². The zero-order valence-corrected chi connectivity index (χ0v) is 9.73. The molecule has 1 aromatic rings. The largest absolute Gasteiger partial charge is 0.477 e. The van der Waals surface area contributed by atoms with Crippen LogP contribution in [0.3, 0.4) is 0 Å². The first-order valence-electron chi connectivity index (χ1n) is 5.15. The molecule has 7 heteroatoms. The lowest BCUT2D eigenvalue weighted by Gasteiger charge is -2.06. The Kier molecular flexibility index (Phi) is 4.22. The highest BCUT2D eigenvalue weighted by molar-refractivity contribution is 6.00. The molecule has 1 rings (SSSR count). The Hall–Kier alpha value is -1.89. The molecule has 0 radical (unpaired) electrons. The molecule has 0 fully saturated rings. The third-order valence-electron chi connectivity index (χ3n) is 2.26. The first-order chi connectivity index (χ1) is 7.97. The van der Waals surface area contributed by atoms with Crippen molar-refractivity contribution >= 4 is 17.7 Å². The lowest BCUT2D eigenvalue weighted by atomic mass is 10.2. The number of amides is 1. The summed E-state index contributed by atoms with van der Waals surface area (Å²) in [4.78, 5) is 22.5. The molecule has 0 bridgehead atoms. The van der Waals surface area contributed by atoms with Gasteiger partial charge in [0.1, 0.15) is 11.4 Å². The number of anilines is 1. The Labute approximate surface area is 98.1 Å². The average molecular weight is 241 g/mol. The van der Waals surface area contributed by atoms with Crippen molar-refractivity contribution in [2.75, 3.05) is 11.9 Å². The lowest BCUT2D eigenvalue weighted by molar-refractivity contribution is -0.116. The summed E-state index contributed by atoms with van der Waals surface area (Å²) in [5.74, 6) is -1.31. The zero-order chi connectivity index (χ0) is 13.0. The second kappa shape index (κ2) is 5.44. The number of aromatic nitrogens is 2. The van der Waals surface area contributed by atoms with Gasteiger partial charge in [0.25, 0.3) is 0 Å². The fraction of sp³-hybridized carbons (Fsp3) is 0.500. The number of carboxylic acids is 1. The van der Waals surface area contributed by atoms with Gasteiger partial charge in [0, 0.05) is 20.1 Å². The molecular formula is C10H15N3O4. The molecule has 1 amide bonds. The number of aromatic carboxylic acids is 1. The van der Waals surface area contributed by atoms with Crippen LogP contribution in [-0.2, 0) is 11.8 Å². The molecule has 0 aliphatic carbocycles. The summed E-state index contributed by atoms with van der Waals surface area (Å²) in [5.41, 5.74) is 0.335. The van der Waals surface area contributed by atoms with Gasteiger partial charge in [-0.1, -0.05) is 0 Å². The van der Waals surface area contributed by atoms with E-state index in [1.165, 1.54) is 4.68 Å². The van der Waals surface area contributed by atoms with Gasteiger partial charge in [0.2, 0.25) is 5.91 Å². The van der Waals surface area contributed by atoms with E-state index in [0.717, 1.165) is 0 Å². The molecule has 0 saturated carbocycles. The van der Waals surface area contributed by atoms with E-state index in [4.69, 9.17) is 10.2 Å². The van der Waals surface area contributed by atoms with Crippen LogP contribution >= 0.6 is 0 Å². The van der Waals surface area contributed by atoms with Gasteiger partial charge in [-0.25, -0.2) is 4.79 Å². The van der Waals surface area contributed by atoms with Gasteiger partial charge in [-0.05, 0) is 13.3 Å². The van der Waals surface area contributed by atoms with Crippen LogP contribution in [0.25, 0.3) is 0 Å². The van der Waals surface area contributed by atoms with Gasteiger partial charge in [0.15, 0.2) is 0 Å². The number of carbonyl (C=O) groups excluding carboxylic acids is 1. The third kappa shape index (κ3) is 3.04. The number of hydrogen-bond donors (Lipinski definition) is 3. The summed E-state index contributed by atoms with van der Waals surface area (Å²) in [6, 6.07) is 0. The Morgan fingerprint density at radius 2 is 2.12 bits per heavy atom. The van der Waals surface area contributed by atoms with E-state index in [2.05, 4.69) is 10.4 Å². The van der Waals surface area contributed by atoms with E-state index < -0.39 is 5.97 Å². The van der Waals surface area contributed by atoms with Crippen molar-refractivity contribution in [2.24, 2.45) is 7.05 Å². The van der Waals surface area contributed by atoms with Gasteiger partial charge in [-0.3, -0.25) is 9.48 Å². The van der Waals surface area contributed by atoms with Crippen LogP contribution in [0.5, 0.6) is 0 Å². The number of aryl methyl sites for hydroxylation is 2. The maximum atomic E-state index is 11.5. The zero-order valence-electron chi connectivity index (χ0n) is 9.73. The number of hydrogen-bond acceptors (Lipinski definition) is 4. The van der Waals surface area contributed by atoms with E-state index >= 15 is 0 Å². The normalized spacial score (nSPS) is 10.3. The second-order valence-electron chi connectivity index (χ2n) is 3.61. The van der Waals surface area contributed by atoms with Crippen molar-refractivity contribution in [3.05, 3.63) is 11.3 Å². The molecule has 0 aliphatic rings. The van der Waals surface area contributed by atoms with Crippen LogP contribution in [0.1, 0.15) is 28.9 Å². The maximum Gasteiger partial charge on any atom is 0.341 e. The highest BCUT2D eigenvalue weighted by Crippen LogP contribution is 2.18. The Bertz CT molecular complexity index is 439. The van der Waals surface area contributed by atoms with Crippen molar-refractivity contribution in [1.29, 1.82) is 0 Å². The Balaban J connectivity index is 2.90. The SMILES string of the molecule is Cc1nn(C)c(NC(=O)CCCO)c1C(=O)O. The van der Waals surface area contributed by atoms with Crippen LogP contribution in [-0.4, -0.2) is 38.5 Å². The highest BCUT2D eigenvalue weighted by atomic mass is 16.4. The summed E-state index contributed by atoms with van der Waals surface area (Å²) in [6.45, 7) is 1.48.